The van der Waals surface area contributed by atoms with Gasteiger partial charge in [-0.3, -0.25) is 4.79 Å². The second-order valence-corrected chi connectivity index (χ2v) is 4.41. The third-order valence-electron chi connectivity index (χ3n) is 2.97. The van der Waals surface area contributed by atoms with E-state index in [4.69, 9.17) is 0 Å². The Kier molecular flexibility index (Phi) is 3.16. The minimum atomic E-state index is -0.282. The molecule has 2 aromatic carbocycles. The second kappa shape index (κ2) is 5.13. The number of halogens is 1. The molecule has 4 nitrogen and oxygen atoms in total. The van der Waals surface area contributed by atoms with Gasteiger partial charge in [0, 0.05) is 6.54 Å². The number of nitrogens with one attached hydrogen (secondary N) is 2. The smallest absolute Gasteiger partial charge is 0.291 e. The van der Waals surface area contributed by atoms with Crippen molar-refractivity contribution in [2.45, 2.75) is 6.54 Å². The average molecular weight is 269 g/mol. The summed E-state index contributed by atoms with van der Waals surface area (Å²) in [5.74, 6) is -0.0246. The summed E-state index contributed by atoms with van der Waals surface area (Å²) in [6, 6.07) is 13.4. The zero-order chi connectivity index (χ0) is 13.9. The van der Waals surface area contributed by atoms with Crippen molar-refractivity contribution in [2.24, 2.45) is 0 Å². The van der Waals surface area contributed by atoms with Crippen molar-refractivity contribution in [3.05, 3.63) is 70.3 Å². The topological polar surface area (TPSA) is 57.8 Å². The molecule has 0 saturated carbocycles. The van der Waals surface area contributed by atoms with Gasteiger partial charge in [0.05, 0.1) is 11.0 Å². The molecule has 0 amide bonds. The van der Waals surface area contributed by atoms with E-state index < -0.39 is 0 Å². The van der Waals surface area contributed by atoms with Gasteiger partial charge in [-0.25, -0.2) is 9.37 Å². The predicted octanol–water partition coefficient (Wildman–Crippen LogP) is 2.67. The van der Waals surface area contributed by atoms with E-state index in [1.165, 1.54) is 12.1 Å². The van der Waals surface area contributed by atoms with E-state index in [0.29, 0.717) is 17.6 Å². The Morgan fingerprint density at radius 1 is 1.10 bits per heavy atom. The molecule has 2 N–H and O–H groups in total. The van der Waals surface area contributed by atoms with Crippen LogP contribution < -0.4 is 10.9 Å². The van der Waals surface area contributed by atoms with Crippen molar-refractivity contribution in [1.29, 1.82) is 0 Å². The number of anilines is 1. The van der Waals surface area contributed by atoms with Gasteiger partial charge in [-0.1, -0.05) is 24.3 Å². The van der Waals surface area contributed by atoms with Crippen LogP contribution in [-0.4, -0.2) is 9.97 Å². The highest BCUT2D eigenvalue weighted by Crippen LogP contribution is 2.09. The summed E-state index contributed by atoms with van der Waals surface area (Å²) in [7, 11) is 0. The molecule has 0 bridgehead atoms. The van der Waals surface area contributed by atoms with Crippen LogP contribution in [-0.2, 0) is 6.54 Å². The number of benzene rings is 2. The van der Waals surface area contributed by atoms with E-state index in [9.17, 15) is 9.18 Å². The van der Waals surface area contributed by atoms with Crippen molar-refractivity contribution in [3.8, 4) is 0 Å². The van der Waals surface area contributed by atoms with Crippen LogP contribution in [0.25, 0.3) is 11.0 Å². The average Bonchev–Trinajstić information content (AvgIpc) is 2.47. The quantitative estimate of drug-likeness (QED) is 0.768. The Bertz CT molecular complexity index is 796. The van der Waals surface area contributed by atoms with E-state index in [1.54, 1.807) is 18.2 Å². The van der Waals surface area contributed by atoms with Crippen LogP contribution in [0.1, 0.15) is 5.56 Å². The van der Waals surface area contributed by atoms with Crippen molar-refractivity contribution in [2.75, 3.05) is 5.32 Å². The first-order chi connectivity index (χ1) is 9.72. The van der Waals surface area contributed by atoms with Gasteiger partial charge in [0.25, 0.3) is 5.56 Å². The number of nitrogens with zero attached hydrogens (tertiary/aromatic N) is 1. The molecular weight excluding hydrogens is 257 g/mol. The molecule has 3 aromatic rings. The summed E-state index contributed by atoms with van der Waals surface area (Å²) in [4.78, 5) is 18.9. The third kappa shape index (κ3) is 2.51. The maximum Gasteiger partial charge on any atom is 0.291 e. The molecule has 100 valence electrons. The fourth-order valence-electron chi connectivity index (χ4n) is 1.94. The van der Waals surface area contributed by atoms with Crippen LogP contribution >= 0.6 is 0 Å². The Hall–Kier alpha value is -2.69. The normalized spacial score (nSPS) is 10.7. The lowest BCUT2D eigenvalue weighted by molar-refractivity contribution is 0.627. The van der Waals surface area contributed by atoms with Gasteiger partial charge in [-0.2, -0.15) is 0 Å². The lowest BCUT2D eigenvalue weighted by Gasteiger charge is -2.06. The van der Waals surface area contributed by atoms with Crippen LogP contribution in [0.5, 0.6) is 0 Å². The van der Waals surface area contributed by atoms with E-state index >= 15 is 0 Å². The molecule has 0 radical (unpaired) electrons. The van der Waals surface area contributed by atoms with Gasteiger partial charge in [-0.05, 0) is 29.8 Å². The Labute approximate surface area is 114 Å². The fourth-order valence-corrected chi connectivity index (χ4v) is 1.94. The lowest BCUT2D eigenvalue weighted by atomic mass is 10.2. The molecule has 0 fully saturated rings. The number of fused-ring (bicyclic) bond motifs is 1. The molecule has 1 aromatic heterocycles. The molecule has 0 saturated heterocycles. The van der Waals surface area contributed by atoms with E-state index in [1.807, 2.05) is 18.2 Å². The summed E-state index contributed by atoms with van der Waals surface area (Å²) < 4.78 is 12.8. The van der Waals surface area contributed by atoms with Crippen molar-refractivity contribution in [1.82, 2.24) is 9.97 Å². The summed E-state index contributed by atoms with van der Waals surface area (Å²) in [5, 5.41) is 2.96. The summed E-state index contributed by atoms with van der Waals surface area (Å²) in [6.45, 7) is 0.411. The number of aromatic nitrogens is 2. The Balaban J connectivity index is 1.85. The largest absolute Gasteiger partial charge is 0.361 e. The SMILES string of the molecule is O=c1[nH]c2ccccc2nc1NCc1ccc(F)cc1. The number of hydrogen-bond acceptors (Lipinski definition) is 3. The first-order valence-corrected chi connectivity index (χ1v) is 6.20. The fraction of sp³-hybridized carbons (Fsp3) is 0.0667. The van der Waals surface area contributed by atoms with E-state index in [0.717, 1.165) is 5.56 Å². The minimum Gasteiger partial charge on any atom is -0.361 e. The number of H-pyrrole nitrogens is 1. The molecule has 0 unspecified atom stereocenters. The molecule has 0 aliphatic rings. The van der Waals surface area contributed by atoms with Gasteiger partial charge in [0.15, 0.2) is 5.82 Å². The Morgan fingerprint density at radius 2 is 1.85 bits per heavy atom. The second-order valence-electron chi connectivity index (χ2n) is 4.41. The van der Waals surface area contributed by atoms with Gasteiger partial charge < -0.3 is 10.3 Å². The van der Waals surface area contributed by atoms with E-state index in [-0.39, 0.29) is 17.2 Å². The first-order valence-electron chi connectivity index (χ1n) is 6.20. The third-order valence-corrected chi connectivity index (χ3v) is 2.97. The molecule has 3 rings (SSSR count). The minimum absolute atomic E-state index is 0.257. The molecule has 1 heterocycles. The van der Waals surface area contributed by atoms with Crippen molar-refractivity contribution >= 4 is 16.9 Å². The first kappa shape index (κ1) is 12.3. The van der Waals surface area contributed by atoms with Crippen LogP contribution in [0.4, 0.5) is 10.2 Å². The zero-order valence-electron chi connectivity index (χ0n) is 10.6. The van der Waals surface area contributed by atoms with Crippen LogP contribution in [0, 0.1) is 5.82 Å². The molecule has 20 heavy (non-hydrogen) atoms. The molecule has 0 aliphatic heterocycles. The monoisotopic (exact) mass is 269 g/mol. The maximum absolute atomic E-state index is 12.8. The Morgan fingerprint density at radius 3 is 2.65 bits per heavy atom. The summed E-state index contributed by atoms with van der Waals surface area (Å²) in [6.07, 6.45) is 0. The molecular formula is C15H12FN3O. The predicted molar refractivity (Wildman–Crippen MR) is 76.1 cm³/mol. The summed E-state index contributed by atoms with van der Waals surface area (Å²) >= 11 is 0. The summed E-state index contributed by atoms with van der Waals surface area (Å²) in [5.41, 5.74) is 2.02. The number of aromatic amines is 1. The highest BCUT2D eigenvalue weighted by molar-refractivity contribution is 5.75. The molecule has 5 heteroatoms. The van der Waals surface area contributed by atoms with Gasteiger partial charge in [-0.15, -0.1) is 0 Å². The number of para-hydroxylation sites is 2. The standard InChI is InChI=1S/C15H12FN3O/c16-11-7-5-10(6-8-11)9-17-14-15(20)19-13-4-2-1-3-12(13)18-14/h1-8H,9H2,(H,17,18)(H,19,20). The number of rotatable bonds is 3. The number of hydrogen-bond donors (Lipinski definition) is 2. The van der Waals surface area contributed by atoms with Crippen LogP contribution in [0.15, 0.2) is 53.3 Å². The van der Waals surface area contributed by atoms with Crippen molar-refractivity contribution in [3.63, 3.8) is 0 Å². The lowest BCUT2D eigenvalue weighted by Crippen LogP contribution is -2.16. The zero-order valence-corrected chi connectivity index (χ0v) is 10.6. The molecule has 0 atom stereocenters. The van der Waals surface area contributed by atoms with E-state index in [2.05, 4.69) is 15.3 Å². The van der Waals surface area contributed by atoms with Gasteiger partial charge in [0.2, 0.25) is 0 Å². The van der Waals surface area contributed by atoms with Gasteiger partial charge >= 0.3 is 0 Å². The van der Waals surface area contributed by atoms with Crippen LogP contribution in [0.3, 0.4) is 0 Å². The van der Waals surface area contributed by atoms with Crippen molar-refractivity contribution < 1.29 is 4.39 Å². The molecule has 0 spiro atoms. The van der Waals surface area contributed by atoms with Gasteiger partial charge in [0.1, 0.15) is 5.82 Å². The highest BCUT2D eigenvalue weighted by atomic mass is 19.1. The molecule has 0 aliphatic carbocycles. The highest BCUT2D eigenvalue weighted by Gasteiger charge is 2.04. The maximum atomic E-state index is 12.8. The van der Waals surface area contributed by atoms with Crippen LogP contribution in [0.2, 0.25) is 0 Å².